The van der Waals surface area contributed by atoms with Crippen LogP contribution in [0.2, 0.25) is 0 Å². The van der Waals surface area contributed by atoms with Crippen LogP contribution in [0.1, 0.15) is 19.8 Å². The largest absolute Gasteiger partial charge is 0.494 e. The van der Waals surface area contributed by atoms with Crippen LogP contribution in [0.15, 0.2) is 48.5 Å². The van der Waals surface area contributed by atoms with Crippen LogP contribution in [0.25, 0.3) is 0 Å². The third-order valence-corrected chi connectivity index (χ3v) is 3.10. The zero-order valence-corrected chi connectivity index (χ0v) is 13.0. The molecule has 1 N–H and O–H groups in total. The molecule has 0 aliphatic rings. The number of nitrogens with one attached hydrogen (secondary N) is 1. The Morgan fingerprint density at radius 2 is 1.70 bits per heavy atom. The van der Waals surface area contributed by atoms with Crippen LogP contribution >= 0.6 is 0 Å². The van der Waals surface area contributed by atoms with Crippen molar-refractivity contribution in [3.63, 3.8) is 0 Å². The normalized spacial score (nSPS) is 10.2. The number of ether oxygens (including phenoxy) is 2. The molecule has 2 aromatic carbocycles. The zero-order chi connectivity index (χ0) is 16.5. The summed E-state index contributed by atoms with van der Waals surface area (Å²) >= 11 is 0. The highest BCUT2D eigenvalue weighted by atomic mass is 19.1. The third kappa shape index (κ3) is 5.62. The Balaban J connectivity index is 1.68. The molecule has 2 rings (SSSR count). The monoisotopic (exact) mass is 317 g/mol. The van der Waals surface area contributed by atoms with Crippen molar-refractivity contribution in [3.8, 4) is 11.5 Å². The first-order valence-electron chi connectivity index (χ1n) is 7.59. The summed E-state index contributed by atoms with van der Waals surface area (Å²) in [5, 5.41) is 2.54. The molecule has 0 aliphatic carbocycles. The van der Waals surface area contributed by atoms with Crippen LogP contribution in [-0.4, -0.2) is 19.1 Å². The average molecular weight is 317 g/mol. The summed E-state index contributed by atoms with van der Waals surface area (Å²) in [7, 11) is 0. The summed E-state index contributed by atoms with van der Waals surface area (Å²) in [6.45, 7) is 2.97. The molecule has 5 heteroatoms. The Kier molecular flexibility index (Phi) is 6.41. The van der Waals surface area contributed by atoms with Gasteiger partial charge in [0.05, 0.1) is 18.9 Å². The second kappa shape index (κ2) is 8.78. The maximum atomic E-state index is 13.4. The van der Waals surface area contributed by atoms with Crippen LogP contribution in [0.5, 0.6) is 11.5 Å². The summed E-state index contributed by atoms with van der Waals surface area (Å²) < 4.78 is 24.3. The van der Waals surface area contributed by atoms with Crippen LogP contribution in [-0.2, 0) is 4.79 Å². The topological polar surface area (TPSA) is 47.6 Å². The highest BCUT2D eigenvalue weighted by Crippen LogP contribution is 2.18. The standard InChI is InChI=1S/C18H20FNO3/c1-2-22-14-9-11-15(12-10-14)23-13-5-8-18(21)20-17-7-4-3-6-16(17)19/h3-4,6-7,9-12H,2,5,8,13H2,1H3,(H,20,21). The van der Waals surface area contributed by atoms with E-state index in [1.807, 2.05) is 31.2 Å². The van der Waals surface area contributed by atoms with Crippen molar-refractivity contribution in [1.29, 1.82) is 0 Å². The molecular formula is C18H20FNO3. The number of carbonyl (C=O) groups is 1. The van der Waals surface area contributed by atoms with Crippen molar-refractivity contribution in [2.24, 2.45) is 0 Å². The molecule has 0 heterocycles. The third-order valence-electron chi connectivity index (χ3n) is 3.10. The SMILES string of the molecule is CCOc1ccc(OCCCC(=O)Nc2ccccc2F)cc1. The molecule has 0 aliphatic heterocycles. The van der Waals surface area contributed by atoms with Gasteiger partial charge in [0.15, 0.2) is 0 Å². The molecule has 0 spiro atoms. The Hall–Kier alpha value is -2.56. The summed E-state index contributed by atoms with van der Waals surface area (Å²) in [4.78, 5) is 11.7. The number of benzene rings is 2. The summed E-state index contributed by atoms with van der Waals surface area (Å²) in [5.41, 5.74) is 0.199. The number of hydrogen-bond acceptors (Lipinski definition) is 3. The quantitative estimate of drug-likeness (QED) is 0.748. The van der Waals surface area contributed by atoms with Gasteiger partial charge in [-0.3, -0.25) is 4.79 Å². The summed E-state index contributed by atoms with van der Waals surface area (Å²) in [5.74, 6) is 0.851. The number of halogens is 1. The van der Waals surface area contributed by atoms with Crippen LogP contribution in [0.4, 0.5) is 10.1 Å². The fourth-order valence-electron chi connectivity index (χ4n) is 2.00. The molecule has 0 saturated carbocycles. The van der Waals surface area contributed by atoms with Crippen molar-refractivity contribution in [1.82, 2.24) is 0 Å². The molecule has 0 aromatic heterocycles. The van der Waals surface area contributed by atoms with E-state index >= 15 is 0 Å². The van der Waals surface area contributed by atoms with E-state index in [9.17, 15) is 9.18 Å². The molecule has 0 bridgehead atoms. The number of amides is 1. The van der Waals surface area contributed by atoms with E-state index in [-0.39, 0.29) is 18.0 Å². The van der Waals surface area contributed by atoms with Gasteiger partial charge >= 0.3 is 0 Å². The van der Waals surface area contributed by atoms with E-state index in [1.165, 1.54) is 12.1 Å². The molecule has 0 fully saturated rings. The number of rotatable bonds is 8. The lowest BCUT2D eigenvalue weighted by molar-refractivity contribution is -0.116. The lowest BCUT2D eigenvalue weighted by Gasteiger charge is -2.08. The maximum Gasteiger partial charge on any atom is 0.224 e. The zero-order valence-electron chi connectivity index (χ0n) is 13.0. The Morgan fingerprint density at radius 3 is 2.35 bits per heavy atom. The minimum absolute atomic E-state index is 0.199. The molecule has 0 unspecified atom stereocenters. The van der Waals surface area contributed by atoms with Gasteiger partial charge in [-0.05, 0) is 49.7 Å². The fourth-order valence-corrected chi connectivity index (χ4v) is 2.00. The highest BCUT2D eigenvalue weighted by Gasteiger charge is 2.06. The predicted octanol–water partition coefficient (Wildman–Crippen LogP) is 4.02. The molecule has 23 heavy (non-hydrogen) atoms. The van der Waals surface area contributed by atoms with E-state index in [0.717, 1.165) is 11.5 Å². The van der Waals surface area contributed by atoms with E-state index in [1.54, 1.807) is 12.1 Å². The van der Waals surface area contributed by atoms with E-state index < -0.39 is 5.82 Å². The van der Waals surface area contributed by atoms with Crippen molar-refractivity contribution in [2.45, 2.75) is 19.8 Å². The first kappa shape index (κ1) is 16.8. The van der Waals surface area contributed by atoms with Crippen molar-refractivity contribution >= 4 is 11.6 Å². The van der Waals surface area contributed by atoms with Crippen LogP contribution in [0, 0.1) is 5.82 Å². The average Bonchev–Trinajstić information content (AvgIpc) is 2.55. The maximum absolute atomic E-state index is 13.4. The lowest BCUT2D eigenvalue weighted by Crippen LogP contribution is -2.13. The van der Waals surface area contributed by atoms with Gasteiger partial charge in [-0.1, -0.05) is 12.1 Å². The van der Waals surface area contributed by atoms with E-state index in [4.69, 9.17) is 9.47 Å². The minimum atomic E-state index is -0.438. The molecule has 0 atom stereocenters. The molecular weight excluding hydrogens is 297 g/mol. The number of anilines is 1. The number of carbonyl (C=O) groups excluding carboxylic acids is 1. The predicted molar refractivity (Wildman–Crippen MR) is 87.4 cm³/mol. The van der Waals surface area contributed by atoms with E-state index in [2.05, 4.69) is 5.32 Å². The second-order valence-corrected chi connectivity index (χ2v) is 4.88. The highest BCUT2D eigenvalue weighted by molar-refractivity contribution is 5.90. The van der Waals surface area contributed by atoms with Crippen LogP contribution in [0.3, 0.4) is 0 Å². The van der Waals surface area contributed by atoms with Gasteiger partial charge < -0.3 is 14.8 Å². The van der Waals surface area contributed by atoms with Gasteiger partial charge in [0.1, 0.15) is 17.3 Å². The van der Waals surface area contributed by atoms with Crippen LogP contribution < -0.4 is 14.8 Å². The Bertz CT molecular complexity index is 628. The second-order valence-electron chi connectivity index (χ2n) is 4.88. The molecule has 2 aromatic rings. The minimum Gasteiger partial charge on any atom is -0.494 e. The first-order valence-corrected chi connectivity index (χ1v) is 7.59. The van der Waals surface area contributed by atoms with Crippen molar-refractivity contribution in [3.05, 3.63) is 54.3 Å². The molecule has 0 radical (unpaired) electrons. The summed E-state index contributed by atoms with van der Waals surface area (Å²) in [6, 6.07) is 13.4. The molecule has 4 nitrogen and oxygen atoms in total. The molecule has 122 valence electrons. The summed E-state index contributed by atoms with van der Waals surface area (Å²) in [6.07, 6.45) is 0.818. The molecule has 1 amide bonds. The van der Waals surface area contributed by atoms with Crippen molar-refractivity contribution in [2.75, 3.05) is 18.5 Å². The lowest BCUT2D eigenvalue weighted by atomic mass is 10.2. The van der Waals surface area contributed by atoms with Gasteiger partial charge in [0.2, 0.25) is 5.91 Å². The van der Waals surface area contributed by atoms with Crippen molar-refractivity contribution < 1.29 is 18.7 Å². The fraction of sp³-hybridized carbons (Fsp3) is 0.278. The smallest absolute Gasteiger partial charge is 0.224 e. The van der Waals surface area contributed by atoms with Gasteiger partial charge in [-0.25, -0.2) is 4.39 Å². The van der Waals surface area contributed by atoms with E-state index in [0.29, 0.717) is 19.6 Å². The van der Waals surface area contributed by atoms with Gasteiger partial charge in [0, 0.05) is 6.42 Å². The number of hydrogen-bond donors (Lipinski definition) is 1. The van der Waals surface area contributed by atoms with Gasteiger partial charge in [-0.15, -0.1) is 0 Å². The number of para-hydroxylation sites is 1. The Labute approximate surface area is 135 Å². The van der Waals surface area contributed by atoms with Gasteiger partial charge in [0.25, 0.3) is 0 Å². The first-order chi connectivity index (χ1) is 11.2. The molecule has 0 saturated heterocycles. The Morgan fingerprint density at radius 1 is 1.04 bits per heavy atom. The van der Waals surface area contributed by atoms with Gasteiger partial charge in [-0.2, -0.15) is 0 Å².